The van der Waals surface area contributed by atoms with Crippen molar-refractivity contribution < 1.29 is 10.2 Å². The normalized spacial score (nSPS) is 10.9. The number of aryl methyl sites for hydroxylation is 3. The quantitative estimate of drug-likeness (QED) is 0.557. The van der Waals surface area contributed by atoms with Gasteiger partial charge in [-0.1, -0.05) is 6.07 Å². The third kappa shape index (κ3) is 3.74. The van der Waals surface area contributed by atoms with Gasteiger partial charge < -0.3 is 15.5 Å². The van der Waals surface area contributed by atoms with Crippen LogP contribution in [0.4, 0.5) is 0 Å². The standard InChI is InChI=1S/C15H21N3O2/c1-11-8-12(2)18(17-11)7-3-6-16-10-13-4-5-14(19)15(20)9-13/h4-5,8-9,16,19-20H,3,6-7,10H2,1-2H3. The molecular formula is C15H21N3O2. The molecule has 20 heavy (non-hydrogen) atoms. The number of nitrogens with one attached hydrogen (secondary N) is 1. The number of phenolic OH excluding ortho intramolecular Hbond substituents is 2. The summed E-state index contributed by atoms with van der Waals surface area (Å²) in [5.41, 5.74) is 3.19. The van der Waals surface area contributed by atoms with Crippen molar-refractivity contribution in [2.75, 3.05) is 6.54 Å². The number of phenols is 2. The topological polar surface area (TPSA) is 70.3 Å². The van der Waals surface area contributed by atoms with Crippen molar-refractivity contribution in [2.45, 2.75) is 33.4 Å². The summed E-state index contributed by atoms with van der Waals surface area (Å²) in [5.74, 6) is -0.162. The van der Waals surface area contributed by atoms with Gasteiger partial charge in [0.1, 0.15) is 0 Å². The van der Waals surface area contributed by atoms with Gasteiger partial charge in [-0.2, -0.15) is 5.10 Å². The first-order valence-electron chi connectivity index (χ1n) is 6.79. The maximum atomic E-state index is 9.39. The number of hydrogen-bond acceptors (Lipinski definition) is 4. The van der Waals surface area contributed by atoms with Crippen molar-refractivity contribution in [1.29, 1.82) is 0 Å². The molecule has 0 bridgehead atoms. The van der Waals surface area contributed by atoms with E-state index in [0.29, 0.717) is 6.54 Å². The van der Waals surface area contributed by atoms with E-state index in [4.69, 9.17) is 0 Å². The molecule has 5 nitrogen and oxygen atoms in total. The highest BCUT2D eigenvalue weighted by molar-refractivity contribution is 5.40. The minimum absolute atomic E-state index is 0.0769. The van der Waals surface area contributed by atoms with Crippen LogP contribution in [0.2, 0.25) is 0 Å². The molecule has 0 unspecified atom stereocenters. The van der Waals surface area contributed by atoms with Gasteiger partial charge in [0.2, 0.25) is 0 Å². The molecule has 0 fully saturated rings. The monoisotopic (exact) mass is 275 g/mol. The fourth-order valence-electron chi connectivity index (χ4n) is 2.17. The average Bonchev–Trinajstić information content (AvgIpc) is 2.72. The van der Waals surface area contributed by atoms with Crippen LogP contribution in [-0.4, -0.2) is 26.5 Å². The predicted molar refractivity (Wildman–Crippen MR) is 77.8 cm³/mol. The molecule has 1 aromatic carbocycles. The van der Waals surface area contributed by atoms with Gasteiger partial charge in [-0.3, -0.25) is 4.68 Å². The second-order valence-electron chi connectivity index (χ2n) is 5.00. The predicted octanol–water partition coefficient (Wildman–Crippen LogP) is 2.09. The summed E-state index contributed by atoms with van der Waals surface area (Å²) in [5, 5.41) is 26.3. The molecule has 0 atom stereocenters. The Morgan fingerprint density at radius 3 is 2.60 bits per heavy atom. The summed E-state index contributed by atoms with van der Waals surface area (Å²) in [4.78, 5) is 0. The van der Waals surface area contributed by atoms with Crippen molar-refractivity contribution in [3.63, 3.8) is 0 Å². The molecule has 2 rings (SSSR count). The van der Waals surface area contributed by atoms with E-state index >= 15 is 0 Å². The SMILES string of the molecule is Cc1cc(C)n(CCCNCc2ccc(O)c(O)c2)n1. The van der Waals surface area contributed by atoms with Crippen LogP contribution in [0.5, 0.6) is 11.5 Å². The number of nitrogens with zero attached hydrogens (tertiary/aromatic N) is 2. The Bertz CT molecular complexity index is 578. The first kappa shape index (κ1) is 14.4. The molecule has 0 spiro atoms. The number of rotatable bonds is 6. The summed E-state index contributed by atoms with van der Waals surface area (Å²) >= 11 is 0. The number of aromatic hydroxyl groups is 2. The first-order valence-corrected chi connectivity index (χ1v) is 6.79. The molecular weight excluding hydrogens is 254 g/mol. The van der Waals surface area contributed by atoms with E-state index in [0.717, 1.165) is 30.8 Å². The van der Waals surface area contributed by atoms with Gasteiger partial charge in [0.15, 0.2) is 11.5 Å². The highest BCUT2D eigenvalue weighted by atomic mass is 16.3. The molecule has 0 saturated carbocycles. The first-order chi connectivity index (χ1) is 9.56. The molecule has 0 aliphatic rings. The summed E-state index contributed by atoms with van der Waals surface area (Å²) in [6.45, 7) is 6.50. The zero-order valence-electron chi connectivity index (χ0n) is 11.9. The van der Waals surface area contributed by atoms with Crippen LogP contribution in [0.1, 0.15) is 23.4 Å². The molecule has 5 heteroatoms. The van der Waals surface area contributed by atoms with Crippen molar-refractivity contribution in [3.05, 3.63) is 41.2 Å². The molecule has 2 aromatic rings. The minimum atomic E-state index is -0.0849. The van der Waals surface area contributed by atoms with Crippen LogP contribution >= 0.6 is 0 Å². The molecule has 0 radical (unpaired) electrons. The fraction of sp³-hybridized carbons (Fsp3) is 0.400. The lowest BCUT2D eigenvalue weighted by Gasteiger charge is -2.07. The van der Waals surface area contributed by atoms with Crippen LogP contribution in [0, 0.1) is 13.8 Å². The maximum Gasteiger partial charge on any atom is 0.157 e. The van der Waals surface area contributed by atoms with Crippen LogP contribution in [0.3, 0.4) is 0 Å². The van der Waals surface area contributed by atoms with Crippen molar-refractivity contribution in [2.24, 2.45) is 0 Å². The van der Waals surface area contributed by atoms with Gasteiger partial charge >= 0.3 is 0 Å². The fourth-order valence-corrected chi connectivity index (χ4v) is 2.17. The second-order valence-corrected chi connectivity index (χ2v) is 5.00. The van der Waals surface area contributed by atoms with Gasteiger partial charge in [0, 0.05) is 18.8 Å². The zero-order chi connectivity index (χ0) is 14.5. The third-order valence-electron chi connectivity index (χ3n) is 3.20. The van der Waals surface area contributed by atoms with Gasteiger partial charge in [-0.15, -0.1) is 0 Å². The lowest BCUT2D eigenvalue weighted by atomic mass is 10.2. The van der Waals surface area contributed by atoms with Gasteiger partial charge in [-0.25, -0.2) is 0 Å². The molecule has 0 aliphatic carbocycles. The Kier molecular flexibility index (Phi) is 4.63. The highest BCUT2D eigenvalue weighted by Gasteiger charge is 2.01. The molecule has 3 N–H and O–H groups in total. The summed E-state index contributed by atoms with van der Waals surface area (Å²) < 4.78 is 2.02. The number of hydrogen-bond donors (Lipinski definition) is 3. The van der Waals surface area contributed by atoms with Crippen molar-refractivity contribution in [1.82, 2.24) is 15.1 Å². The van der Waals surface area contributed by atoms with E-state index in [9.17, 15) is 10.2 Å². The highest BCUT2D eigenvalue weighted by Crippen LogP contribution is 2.24. The second kappa shape index (κ2) is 6.43. The largest absolute Gasteiger partial charge is 0.504 e. The Labute approximate surface area is 118 Å². The summed E-state index contributed by atoms with van der Waals surface area (Å²) in [6.07, 6.45) is 0.992. The Morgan fingerprint density at radius 1 is 1.15 bits per heavy atom. The van der Waals surface area contributed by atoms with E-state index in [2.05, 4.69) is 23.4 Å². The molecule has 1 heterocycles. The zero-order valence-corrected chi connectivity index (χ0v) is 11.9. The smallest absolute Gasteiger partial charge is 0.157 e. The van der Waals surface area contributed by atoms with Crippen LogP contribution < -0.4 is 5.32 Å². The minimum Gasteiger partial charge on any atom is -0.504 e. The van der Waals surface area contributed by atoms with Gasteiger partial charge in [0.05, 0.1) is 5.69 Å². The van der Waals surface area contributed by atoms with Crippen LogP contribution in [0.25, 0.3) is 0 Å². The summed E-state index contributed by atoms with van der Waals surface area (Å²) in [6, 6.07) is 6.95. The third-order valence-corrected chi connectivity index (χ3v) is 3.20. The Hall–Kier alpha value is -2.01. The number of aromatic nitrogens is 2. The van der Waals surface area contributed by atoms with Crippen LogP contribution in [0.15, 0.2) is 24.3 Å². The van der Waals surface area contributed by atoms with Crippen molar-refractivity contribution >= 4 is 0 Å². The maximum absolute atomic E-state index is 9.39. The lowest BCUT2D eigenvalue weighted by Crippen LogP contribution is -2.17. The van der Waals surface area contributed by atoms with Gasteiger partial charge in [-0.05, 0) is 50.6 Å². The molecule has 108 valence electrons. The van der Waals surface area contributed by atoms with E-state index in [-0.39, 0.29) is 11.5 Å². The Morgan fingerprint density at radius 2 is 1.95 bits per heavy atom. The Balaban J connectivity index is 1.71. The van der Waals surface area contributed by atoms with E-state index in [1.807, 2.05) is 11.6 Å². The van der Waals surface area contributed by atoms with E-state index in [1.165, 1.54) is 11.8 Å². The molecule has 1 aromatic heterocycles. The van der Waals surface area contributed by atoms with E-state index in [1.54, 1.807) is 12.1 Å². The molecule has 0 amide bonds. The van der Waals surface area contributed by atoms with E-state index < -0.39 is 0 Å². The average molecular weight is 275 g/mol. The lowest BCUT2D eigenvalue weighted by molar-refractivity contribution is 0.403. The van der Waals surface area contributed by atoms with Crippen molar-refractivity contribution in [3.8, 4) is 11.5 Å². The summed E-state index contributed by atoms with van der Waals surface area (Å²) in [7, 11) is 0. The molecule has 0 saturated heterocycles. The van der Waals surface area contributed by atoms with Crippen LogP contribution in [-0.2, 0) is 13.1 Å². The van der Waals surface area contributed by atoms with Gasteiger partial charge in [0.25, 0.3) is 0 Å². The molecule has 0 aliphatic heterocycles. The number of benzene rings is 1.